The minimum atomic E-state index is 0.431. The highest BCUT2D eigenvalue weighted by atomic mass is 16.6. The zero-order valence-corrected chi connectivity index (χ0v) is 23.3. The van der Waals surface area contributed by atoms with Gasteiger partial charge in [-0.25, -0.2) is 0 Å². The van der Waals surface area contributed by atoms with E-state index in [-0.39, 0.29) is 0 Å². The van der Waals surface area contributed by atoms with E-state index in [0.717, 1.165) is 24.0 Å². The van der Waals surface area contributed by atoms with Crippen LogP contribution >= 0.6 is 0 Å². The van der Waals surface area contributed by atoms with Gasteiger partial charge >= 0.3 is 0 Å². The summed E-state index contributed by atoms with van der Waals surface area (Å²) in [5.41, 5.74) is 2.29. The van der Waals surface area contributed by atoms with E-state index in [1.807, 2.05) is 24.3 Å². The fraction of sp³-hybridized carbons (Fsp3) is 0.600. The van der Waals surface area contributed by atoms with Crippen LogP contribution in [0.15, 0.2) is 36.4 Å². The Hall–Kier alpha value is -2.60. The first-order valence-corrected chi connectivity index (χ1v) is 14.1. The van der Waals surface area contributed by atoms with Gasteiger partial charge in [0.25, 0.3) is 0 Å². The first kappa shape index (κ1) is 30.4. The number of rotatable bonds is 3. The summed E-state index contributed by atoms with van der Waals surface area (Å²) in [5.74, 6) is 2.81. The molecule has 0 N–H and O–H groups in total. The molecule has 0 radical (unpaired) electrons. The van der Waals surface area contributed by atoms with E-state index >= 15 is 0 Å². The molecule has 2 heterocycles. The van der Waals surface area contributed by atoms with Gasteiger partial charge in [0.1, 0.15) is 26.4 Å². The van der Waals surface area contributed by atoms with E-state index in [9.17, 15) is 0 Å². The second kappa shape index (κ2) is 18.7. The van der Waals surface area contributed by atoms with Gasteiger partial charge in [0.05, 0.1) is 79.3 Å². The van der Waals surface area contributed by atoms with Gasteiger partial charge in [-0.3, -0.25) is 0 Å². The molecule has 4 rings (SSSR count). The Morgan fingerprint density at radius 3 is 0.925 bits per heavy atom. The third-order valence-electron chi connectivity index (χ3n) is 6.15. The SMILES string of the molecule is c1cc2c(cc1CCc1ccc3c(c1)OCCOCCOCCOCCO3)OCCOCCOCCOCCO2. The molecule has 0 saturated carbocycles. The van der Waals surface area contributed by atoms with Crippen LogP contribution in [-0.2, 0) is 41.3 Å². The normalized spacial score (nSPS) is 19.3. The molecule has 0 aromatic heterocycles. The van der Waals surface area contributed by atoms with Crippen LogP contribution in [0.1, 0.15) is 11.1 Å². The van der Waals surface area contributed by atoms with E-state index in [2.05, 4.69) is 12.1 Å². The van der Waals surface area contributed by atoms with Crippen LogP contribution in [0.25, 0.3) is 0 Å². The summed E-state index contributed by atoms with van der Waals surface area (Å²) < 4.78 is 57.2. The average Bonchev–Trinajstić information content (AvgIpc) is 2.99. The fourth-order valence-corrected chi connectivity index (χ4v) is 4.09. The Kier molecular flexibility index (Phi) is 14.2. The van der Waals surface area contributed by atoms with Crippen molar-refractivity contribution in [3.63, 3.8) is 0 Å². The summed E-state index contributed by atoms with van der Waals surface area (Å²) in [5, 5.41) is 0. The van der Waals surface area contributed by atoms with E-state index in [1.54, 1.807) is 0 Å². The smallest absolute Gasteiger partial charge is 0.161 e. The van der Waals surface area contributed by atoms with Gasteiger partial charge in [0.2, 0.25) is 0 Å². The van der Waals surface area contributed by atoms with Gasteiger partial charge in [0.15, 0.2) is 23.0 Å². The minimum absolute atomic E-state index is 0.431. The van der Waals surface area contributed by atoms with Crippen LogP contribution in [0.5, 0.6) is 23.0 Å². The molecule has 0 unspecified atom stereocenters. The molecule has 0 saturated heterocycles. The maximum Gasteiger partial charge on any atom is 0.161 e. The summed E-state index contributed by atoms with van der Waals surface area (Å²) in [6.07, 6.45) is 1.65. The summed E-state index contributed by atoms with van der Waals surface area (Å²) in [6.45, 7) is 7.95. The third kappa shape index (κ3) is 11.5. The molecule has 0 spiro atoms. The van der Waals surface area contributed by atoms with Crippen LogP contribution in [-0.4, -0.2) is 106 Å². The van der Waals surface area contributed by atoms with Gasteiger partial charge in [-0.1, -0.05) is 12.1 Å². The molecular formula is C30H42O10. The number of ether oxygens (including phenoxy) is 10. The number of benzene rings is 2. The summed E-state index contributed by atoms with van der Waals surface area (Å²) >= 11 is 0. The summed E-state index contributed by atoms with van der Waals surface area (Å²) in [7, 11) is 0. The van der Waals surface area contributed by atoms with Gasteiger partial charge < -0.3 is 47.4 Å². The molecule has 40 heavy (non-hydrogen) atoms. The molecule has 0 atom stereocenters. The molecule has 2 aromatic carbocycles. The third-order valence-corrected chi connectivity index (χ3v) is 6.15. The lowest BCUT2D eigenvalue weighted by atomic mass is 10.0. The van der Waals surface area contributed by atoms with Gasteiger partial charge in [-0.15, -0.1) is 0 Å². The first-order chi connectivity index (χ1) is 19.9. The van der Waals surface area contributed by atoms with Crippen molar-refractivity contribution in [1.82, 2.24) is 0 Å². The standard InChI is InChI=1S/C30H42O10/c1(25-3-5-27-29(23-25)39-21-17-35-13-9-31-7-11-33-15-19-37-27)2-26-4-6-28-30(24-26)40-22-18-36-14-10-32-8-12-34-16-20-38-28/h3-6,23-24H,1-2,7-22H2. The largest absolute Gasteiger partial charge is 0.487 e. The van der Waals surface area contributed by atoms with Crippen molar-refractivity contribution in [1.29, 1.82) is 0 Å². The summed E-state index contributed by atoms with van der Waals surface area (Å²) in [6, 6.07) is 12.2. The molecule has 0 bridgehead atoms. The minimum Gasteiger partial charge on any atom is -0.487 e. The predicted octanol–water partition coefficient (Wildman–Crippen LogP) is 3.11. The van der Waals surface area contributed by atoms with Crippen LogP contribution in [0.3, 0.4) is 0 Å². The van der Waals surface area contributed by atoms with Gasteiger partial charge in [-0.2, -0.15) is 0 Å². The van der Waals surface area contributed by atoms with E-state index in [4.69, 9.17) is 47.4 Å². The second-order valence-corrected chi connectivity index (χ2v) is 9.13. The maximum atomic E-state index is 6.02. The topological polar surface area (TPSA) is 92.3 Å². The number of aryl methyl sites for hydroxylation is 2. The molecule has 2 aliphatic rings. The van der Waals surface area contributed by atoms with Gasteiger partial charge in [0, 0.05) is 0 Å². The second-order valence-electron chi connectivity index (χ2n) is 9.13. The Labute approximate surface area is 236 Å². The highest BCUT2D eigenvalue weighted by Gasteiger charge is 2.11. The zero-order valence-electron chi connectivity index (χ0n) is 23.3. The predicted molar refractivity (Wildman–Crippen MR) is 147 cm³/mol. The molecule has 0 amide bonds. The lowest BCUT2D eigenvalue weighted by Crippen LogP contribution is -2.13. The monoisotopic (exact) mass is 562 g/mol. The van der Waals surface area contributed by atoms with Crippen molar-refractivity contribution in [3.8, 4) is 23.0 Å². The molecule has 2 aliphatic heterocycles. The zero-order chi connectivity index (χ0) is 27.5. The summed E-state index contributed by atoms with van der Waals surface area (Å²) in [4.78, 5) is 0. The Balaban J connectivity index is 1.36. The average molecular weight is 563 g/mol. The maximum absolute atomic E-state index is 6.02. The van der Waals surface area contributed by atoms with Crippen molar-refractivity contribution in [2.75, 3.05) is 106 Å². The fourth-order valence-electron chi connectivity index (χ4n) is 4.09. The van der Waals surface area contributed by atoms with Crippen molar-refractivity contribution >= 4 is 0 Å². The van der Waals surface area contributed by atoms with E-state index in [0.29, 0.717) is 129 Å². The Morgan fingerprint density at radius 2 is 0.600 bits per heavy atom. The van der Waals surface area contributed by atoms with Crippen LogP contribution in [0.2, 0.25) is 0 Å². The molecule has 2 aromatic rings. The number of fused-ring (bicyclic) bond motifs is 2. The molecule has 0 aliphatic carbocycles. The molecule has 0 fully saturated rings. The molecule has 10 heteroatoms. The Bertz CT molecular complexity index is 892. The highest BCUT2D eigenvalue weighted by Crippen LogP contribution is 2.31. The Morgan fingerprint density at radius 1 is 0.325 bits per heavy atom. The van der Waals surface area contributed by atoms with E-state index in [1.165, 1.54) is 0 Å². The van der Waals surface area contributed by atoms with Crippen LogP contribution < -0.4 is 18.9 Å². The van der Waals surface area contributed by atoms with Crippen molar-refractivity contribution in [3.05, 3.63) is 47.5 Å². The lowest BCUT2D eigenvalue weighted by molar-refractivity contribution is 0.00708. The number of hydrogen-bond donors (Lipinski definition) is 0. The highest BCUT2D eigenvalue weighted by molar-refractivity contribution is 5.45. The van der Waals surface area contributed by atoms with Crippen molar-refractivity contribution < 1.29 is 47.4 Å². The van der Waals surface area contributed by atoms with Crippen molar-refractivity contribution in [2.24, 2.45) is 0 Å². The quantitative estimate of drug-likeness (QED) is 0.556. The van der Waals surface area contributed by atoms with Gasteiger partial charge in [-0.05, 0) is 48.2 Å². The first-order valence-electron chi connectivity index (χ1n) is 14.1. The van der Waals surface area contributed by atoms with Crippen molar-refractivity contribution in [2.45, 2.75) is 12.8 Å². The molecule has 10 nitrogen and oxygen atoms in total. The molecule has 222 valence electrons. The van der Waals surface area contributed by atoms with Crippen LogP contribution in [0.4, 0.5) is 0 Å². The van der Waals surface area contributed by atoms with E-state index < -0.39 is 0 Å². The lowest BCUT2D eigenvalue weighted by Gasteiger charge is -2.15. The number of hydrogen-bond acceptors (Lipinski definition) is 10. The molecular weight excluding hydrogens is 520 g/mol. The van der Waals surface area contributed by atoms with Crippen LogP contribution in [0, 0.1) is 0 Å².